The third kappa shape index (κ3) is 4.93. The van der Waals surface area contributed by atoms with Crippen molar-refractivity contribution in [2.24, 2.45) is 17.3 Å². The van der Waals surface area contributed by atoms with Crippen LogP contribution in [-0.4, -0.2) is 36.7 Å². The van der Waals surface area contributed by atoms with Crippen molar-refractivity contribution in [3.05, 3.63) is 0 Å². The maximum atomic E-state index is 12.4. The van der Waals surface area contributed by atoms with Gasteiger partial charge in [0, 0.05) is 25.7 Å². The first-order chi connectivity index (χ1) is 11.1. The van der Waals surface area contributed by atoms with Crippen LogP contribution >= 0.6 is 0 Å². The Bertz CT molecular complexity index is 396. The highest BCUT2D eigenvalue weighted by molar-refractivity contribution is 5.80. The first kappa shape index (κ1) is 18.2. The van der Waals surface area contributed by atoms with Gasteiger partial charge in [-0.25, -0.2) is 0 Å². The molecule has 23 heavy (non-hydrogen) atoms. The molecule has 1 saturated carbocycles. The largest absolute Gasteiger partial charge is 0.481 e. The van der Waals surface area contributed by atoms with Crippen molar-refractivity contribution >= 4 is 11.9 Å². The molecule has 2 fully saturated rings. The number of hydrogen-bond donors (Lipinski definition) is 2. The lowest BCUT2D eigenvalue weighted by Gasteiger charge is -2.34. The quantitative estimate of drug-likeness (QED) is 0.754. The van der Waals surface area contributed by atoms with Crippen LogP contribution in [0.2, 0.25) is 0 Å². The summed E-state index contributed by atoms with van der Waals surface area (Å²) < 4.78 is 5.27. The van der Waals surface area contributed by atoms with Crippen LogP contribution in [0, 0.1) is 17.3 Å². The maximum absolute atomic E-state index is 12.4. The molecule has 0 bridgehead atoms. The molecule has 1 aliphatic carbocycles. The van der Waals surface area contributed by atoms with Gasteiger partial charge in [0.15, 0.2) is 0 Å². The van der Waals surface area contributed by atoms with E-state index in [1.54, 1.807) is 0 Å². The van der Waals surface area contributed by atoms with Gasteiger partial charge in [0.05, 0.1) is 5.41 Å². The third-order valence-electron chi connectivity index (χ3n) is 5.69. The van der Waals surface area contributed by atoms with Crippen LogP contribution in [-0.2, 0) is 14.3 Å². The van der Waals surface area contributed by atoms with Crippen LogP contribution < -0.4 is 5.32 Å². The molecule has 0 radical (unpaired) electrons. The molecule has 2 rings (SSSR count). The normalized spacial score (nSPS) is 27.3. The van der Waals surface area contributed by atoms with E-state index in [1.807, 2.05) is 0 Å². The Morgan fingerprint density at radius 2 is 1.83 bits per heavy atom. The predicted octanol–water partition coefficient (Wildman–Crippen LogP) is 2.98. The molecular formula is C18H31NO4. The standard InChI is InChI=1S/C18H31NO4/c1-2-3-4-14-5-7-15(8-6-14)16(20)19-13-18(17(21)22)9-11-23-12-10-18/h14-15H,2-13H2,1H3,(H,19,20)(H,21,22). The Morgan fingerprint density at radius 3 is 2.39 bits per heavy atom. The molecule has 5 nitrogen and oxygen atoms in total. The van der Waals surface area contributed by atoms with Gasteiger partial charge in [0.2, 0.25) is 5.91 Å². The van der Waals surface area contributed by atoms with Crippen molar-refractivity contribution in [1.29, 1.82) is 0 Å². The molecule has 5 heteroatoms. The molecule has 2 aliphatic rings. The van der Waals surface area contributed by atoms with E-state index in [0.717, 1.165) is 31.6 Å². The number of rotatable bonds is 7. The number of carboxylic acids is 1. The summed E-state index contributed by atoms with van der Waals surface area (Å²) in [5.74, 6) is 0.0776. The Balaban J connectivity index is 1.77. The van der Waals surface area contributed by atoms with Gasteiger partial charge in [-0.15, -0.1) is 0 Å². The second kappa shape index (κ2) is 8.67. The van der Waals surface area contributed by atoms with Gasteiger partial charge in [0.1, 0.15) is 0 Å². The van der Waals surface area contributed by atoms with E-state index in [2.05, 4.69) is 12.2 Å². The Hall–Kier alpha value is -1.10. The summed E-state index contributed by atoms with van der Waals surface area (Å²) >= 11 is 0. The molecular weight excluding hydrogens is 294 g/mol. The average molecular weight is 325 g/mol. The van der Waals surface area contributed by atoms with Crippen LogP contribution in [0.15, 0.2) is 0 Å². The molecule has 0 aromatic carbocycles. The maximum Gasteiger partial charge on any atom is 0.311 e. The lowest BCUT2D eigenvalue weighted by molar-refractivity contribution is -0.154. The van der Waals surface area contributed by atoms with Gasteiger partial charge in [-0.1, -0.05) is 26.2 Å². The second-order valence-electron chi connectivity index (χ2n) is 7.28. The van der Waals surface area contributed by atoms with Crippen LogP contribution in [0.1, 0.15) is 64.7 Å². The number of unbranched alkanes of at least 4 members (excludes halogenated alkanes) is 1. The van der Waals surface area contributed by atoms with E-state index in [4.69, 9.17) is 4.74 Å². The van der Waals surface area contributed by atoms with E-state index < -0.39 is 11.4 Å². The highest BCUT2D eigenvalue weighted by Gasteiger charge is 2.41. The number of ether oxygens (including phenoxy) is 1. The molecule has 0 aromatic rings. The summed E-state index contributed by atoms with van der Waals surface area (Å²) in [5.41, 5.74) is -0.841. The van der Waals surface area contributed by atoms with E-state index in [1.165, 1.54) is 19.3 Å². The summed E-state index contributed by atoms with van der Waals surface area (Å²) in [6.07, 6.45) is 8.93. The van der Waals surface area contributed by atoms with Crippen LogP contribution in [0.5, 0.6) is 0 Å². The van der Waals surface area contributed by atoms with Crippen molar-refractivity contribution in [3.63, 3.8) is 0 Å². The molecule has 1 amide bonds. The average Bonchev–Trinajstić information content (AvgIpc) is 2.59. The number of carbonyl (C=O) groups excluding carboxylic acids is 1. The minimum Gasteiger partial charge on any atom is -0.481 e. The molecule has 1 saturated heterocycles. The molecule has 2 N–H and O–H groups in total. The fraction of sp³-hybridized carbons (Fsp3) is 0.889. The summed E-state index contributed by atoms with van der Waals surface area (Å²) in [7, 11) is 0. The number of nitrogens with one attached hydrogen (secondary N) is 1. The van der Waals surface area contributed by atoms with Crippen molar-refractivity contribution in [2.75, 3.05) is 19.8 Å². The predicted molar refractivity (Wildman–Crippen MR) is 88.1 cm³/mol. The zero-order valence-electron chi connectivity index (χ0n) is 14.3. The smallest absolute Gasteiger partial charge is 0.311 e. The van der Waals surface area contributed by atoms with Crippen LogP contribution in [0.4, 0.5) is 0 Å². The molecule has 132 valence electrons. The van der Waals surface area contributed by atoms with Crippen molar-refractivity contribution in [3.8, 4) is 0 Å². The van der Waals surface area contributed by atoms with E-state index in [-0.39, 0.29) is 18.4 Å². The fourth-order valence-corrected chi connectivity index (χ4v) is 3.84. The van der Waals surface area contributed by atoms with E-state index in [9.17, 15) is 14.7 Å². The lowest BCUT2D eigenvalue weighted by atomic mass is 9.78. The Morgan fingerprint density at radius 1 is 1.17 bits per heavy atom. The zero-order valence-corrected chi connectivity index (χ0v) is 14.3. The van der Waals surface area contributed by atoms with Gasteiger partial charge < -0.3 is 15.2 Å². The lowest BCUT2D eigenvalue weighted by Crippen LogP contribution is -2.48. The first-order valence-electron chi connectivity index (χ1n) is 9.16. The molecule has 0 aromatic heterocycles. The van der Waals surface area contributed by atoms with Gasteiger partial charge in [-0.05, 0) is 44.4 Å². The summed E-state index contributed by atoms with van der Waals surface area (Å²) in [5, 5.41) is 12.4. The van der Waals surface area contributed by atoms with Crippen molar-refractivity contribution < 1.29 is 19.4 Å². The van der Waals surface area contributed by atoms with Crippen molar-refractivity contribution in [1.82, 2.24) is 5.32 Å². The van der Waals surface area contributed by atoms with Gasteiger partial charge in [-0.2, -0.15) is 0 Å². The third-order valence-corrected chi connectivity index (χ3v) is 5.69. The fourth-order valence-electron chi connectivity index (χ4n) is 3.84. The number of carbonyl (C=O) groups is 2. The second-order valence-corrected chi connectivity index (χ2v) is 7.28. The van der Waals surface area contributed by atoms with E-state index >= 15 is 0 Å². The highest BCUT2D eigenvalue weighted by Crippen LogP contribution is 2.33. The topological polar surface area (TPSA) is 75.6 Å². The highest BCUT2D eigenvalue weighted by atomic mass is 16.5. The molecule has 1 aliphatic heterocycles. The van der Waals surface area contributed by atoms with Gasteiger partial charge >= 0.3 is 5.97 Å². The monoisotopic (exact) mass is 325 g/mol. The SMILES string of the molecule is CCCCC1CCC(C(=O)NCC2(C(=O)O)CCOCC2)CC1. The summed E-state index contributed by atoms with van der Waals surface area (Å²) in [6, 6.07) is 0. The van der Waals surface area contributed by atoms with Crippen molar-refractivity contribution in [2.45, 2.75) is 64.7 Å². The minimum absolute atomic E-state index is 0.0473. The zero-order chi connectivity index (χ0) is 16.7. The molecule has 1 heterocycles. The summed E-state index contributed by atoms with van der Waals surface area (Å²) in [6.45, 7) is 3.38. The van der Waals surface area contributed by atoms with Gasteiger partial charge in [-0.3, -0.25) is 9.59 Å². The minimum atomic E-state index is -0.841. The Labute approximate surface area is 139 Å². The molecule has 0 atom stereocenters. The van der Waals surface area contributed by atoms with Crippen LogP contribution in [0.3, 0.4) is 0 Å². The Kier molecular flexibility index (Phi) is 6.88. The van der Waals surface area contributed by atoms with Crippen LogP contribution in [0.25, 0.3) is 0 Å². The number of aliphatic carboxylic acids is 1. The van der Waals surface area contributed by atoms with E-state index in [0.29, 0.717) is 26.1 Å². The first-order valence-corrected chi connectivity index (χ1v) is 9.16. The number of hydrogen-bond acceptors (Lipinski definition) is 3. The molecule has 0 unspecified atom stereocenters. The molecule has 0 spiro atoms. The van der Waals surface area contributed by atoms with Gasteiger partial charge in [0.25, 0.3) is 0 Å². The summed E-state index contributed by atoms with van der Waals surface area (Å²) in [4.78, 5) is 24.0. The number of carboxylic acid groups (broad SMARTS) is 1. The number of amides is 1.